The highest BCUT2D eigenvalue weighted by Crippen LogP contribution is 2.52. The normalized spacial score (nSPS) is 24.7. The van der Waals surface area contributed by atoms with Gasteiger partial charge in [0, 0.05) is 0 Å². The molecule has 2 bridgehead atoms. The molecule has 176 valence electrons. The van der Waals surface area contributed by atoms with Crippen LogP contribution in [0, 0.1) is 23.7 Å². The molecular weight excluding hydrogens is 440 g/mol. The Morgan fingerprint density at radius 3 is 2.43 bits per heavy atom. The lowest BCUT2D eigenvalue weighted by Crippen LogP contribution is -2.28. The van der Waals surface area contributed by atoms with Crippen molar-refractivity contribution in [3.63, 3.8) is 0 Å². The summed E-state index contributed by atoms with van der Waals surface area (Å²) >= 11 is 0. The molecule has 6 nitrogen and oxygen atoms in total. The number of hydrogen-bond donors (Lipinski definition) is 0. The first kappa shape index (κ1) is 21.6. The Balaban J connectivity index is 1.20. The van der Waals surface area contributed by atoms with Crippen LogP contribution in [0.5, 0.6) is 11.5 Å². The van der Waals surface area contributed by atoms with Crippen LogP contribution < -0.4 is 9.47 Å². The maximum Gasteiger partial charge on any atom is 0.254 e. The van der Waals surface area contributed by atoms with Crippen LogP contribution in [0.25, 0.3) is 10.8 Å². The SMILES string of the molecule is CCOc1cc(C=NN2C(=O)C3C4C=CC(C4)C3C2=O)ccc1OCc1cccc2ccccc12. The van der Waals surface area contributed by atoms with E-state index >= 15 is 0 Å². The Labute approximate surface area is 203 Å². The molecule has 0 radical (unpaired) electrons. The van der Waals surface area contributed by atoms with Crippen LogP contribution in [0.15, 0.2) is 77.9 Å². The van der Waals surface area contributed by atoms with Crippen molar-refractivity contribution in [1.29, 1.82) is 0 Å². The van der Waals surface area contributed by atoms with Crippen LogP contribution in [-0.2, 0) is 16.2 Å². The maximum atomic E-state index is 12.9. The molecule has 0 aromatic heterocycles. The minimum Gasteiger partial charge on any atom is -0.490 e. The number of nitrogens with zero attached hydrogens (tertiary/aromatic N) is 2. The van der Waals surface area contributed by atoms with Gasteiger partial charge in [0.1, 0.15) is 6.61 Å². The predicted octanol–water partition coefficient (Wildman–Crippen LogP) is 4.96. The van der Waals surface area contributed by atoms with Crippen LogP contribution in [0.2, 0.25) is 0 Å². The van der Waals surface area contributed by atoms with E-state index in [0.717, 1.165) is 27.9 Å². The van der Waals surface area contributed by atoms with Gasteiger partial charge >= 0.3 is 0 Å². The average molecular weight is 467 g/mol. The predicted molar refractivity (Wildman–Crippen MR) is 133 cm³/mol. The number of imide groups is 1. The van der Waals surface area contributed by atoms with Crippen molar-refractivity contribution in [1.82, 2.24) is 5.01 Å². The zero-order valence-electron chi connectivity index (χ0n) is 19.5. The number of amides is 2. The third-order valence-corrected chi connectivity index (χ3v) is 7.30. The minimum absolute atomic E-state index is 0.171. The number of rotatable bonds is 7. The third kappa shape index (κ3) is 3.70. The monoisotopic (exact) mass is 466 g/mol. The van der Waals surface area contributed by atoms with Gasteiger partial charge in [0.05, 0.1) is 24.7 Å². The average Bonchev–Trinajstić information content (AvgIpc) is 3.56. The van der Waals surface area contributed by atoms with E-state index in [1.54, 1.807) is 6.21 Å². The molecule has 3 aromatic rings. The number of hydrazone groups is 1. The largest absolute Gasteiger partial charge is 0.490 e. The standard InChI is InChI=1S/C29H26N2O4/c1-2-34-25-14-18(16-30-31-28(32)26-20-11-12-21(15-20)27(26)29(31)33)10-13-24(25)35-17-22-8-5-7-19-6-3-4-9-23(19)22/h3-14,16,20-21,26-27H,2,15,17H2,1H3. The lowest BCUT2D eigenvalue weighted by atomic mass is 9.85. The van der Waals surface area contributed by atoms with Crippen molar-refractivity contribution in [2.75, 3.05) is 6.61 Å². The smallest absolute Gasteiger partial charge is 0.254 e. The fourth-order valence-electron chi connectivity index (χ4n) is 5.69. The summed E-state index contributed by atoms with van der Waals surface area (Å²) in [4.78, 5) is 25.7. The van der Waals surface area contributed by atoms with Crippen molar-refractivity contribution in [2.45, 2.75) is 20.0 Å². The Hall–Kier alpha value is -3.93. The fraction of sp³-hybridized carbons (Fsp3) is 0.276. The number of benzene rings is 3. The maximum absolute atomic E-state index is 12.9. The van der Waals surface area contributed by atoms with Gasteiger partial charge in [0.25, 0.3) is 11.8 Å². The van der Waals surface area contributed by atoms with Crippen molar-refractivity contribution in [2.24, 2.45) is 28.8 Å². The molecule has 0 N–H and O–H groups in total. The number of carbonyl (C=O) groups is 2. The highest BCUT2D eigenvalue weighted by molar-refractivity contribution is 6.06. The lowest BCUT2D eigenvalue weighted by molar-refractivity contribution is -0.140. The zero-order chi connectivity index (χ0) is 23.9. The van der Waals surface area contributed by atoms with Crippen LogP contribution >= 0.6 is 0 Å². The topological polar surface area (TPSA) is 68.2 Å². The molecule has 35 heavy (non-hydrogen) atoms. The van der Waals surface area contributed by atoms with E-state index < -0.39 is 0 Å². The fourth-order valence-corrected chi connectivity index (χ4v) is 5.69. The molecule has 2 aliphatic carbocycles. The molecule has 0 spiro atoms. The minimum atomic E-state index is -0.251. The zero-order valence-corrected chi connectivity index (χ0v) is 19.5. The van der Waals surface area contributed by atoms with E-state index in [1.807, 2.05) is 43.3 Å². The molecule has 3 aliphatic rings. The van der Waals surface area contributed by atoms with E-state index in [2.05, 4.69) is 41.5 Å². The van der Waals surface area contributed by atoms with Gasteiger partial charge < -0.3 is 9.47 Å². The van der Waals surface area contributed by atoms with Gasteiger partial charge in [-0.25, -0.2) is 0 Å². The second-order valence-electron chi connectivity index (χ2n) is 9.30. The van der Waals surface area contributed by atoms with E-state index in [-0.39, 0.29) is 35.5 Å². The number of hydrogen-bond acceptors (Lipinski definition) is 5. The van der Waals surface area contributed by atoms with Gasteiger partial charge in [-0.1, -0.05) is 54.6 Å². The number of fused-ring (bicyclic) bond motifs is 6. The van der Waals surface area contributed by atoms with Gasteiger partial charge in [-0.3, -0.25) is 9.59 Å². The Morgan fingerprint density at radius 2 is 1.66 bits per heavy atom. The van der Waals surface area contributed by atoms with Crippen molar-refractivity contribution in [3.05, 3.63) is 83.9 Å². The molecule has 6 heteroatoms. The molecule has 1 heterocycles. The van der Waals surface area contributed by atoms with Crippen molar-refractivity contribution in [3.8, 4) is 11.5 Å². The Morgan fingerprint density at radius 1 is 0.914 bits per heavy atom. The first-order valence-electron chi connectivity index (χ1n) is 12.1. The summed E-state index contributed by atoms with van der Waals surface area (Å²) in [6.45, 7) is 2.80. The highest BCUT2D eigenvalue weighted by Gasteiger charge is 2.59. The third-order valence-electron chi connectivity index (χ3n) is 7.30. The second kappa shape index (κ2) is 8.69. The summed E-state index contributed by atoms with van der Waals surface area (Å²) in [5, 5.41) is 7.67. The molecule has 6 rings (SSSR count). The molecule has 1 saturated heterocycles. The van der Waals surface area contributed by atoms with Gasteiger partial charge in [-0.05, 0) is 65.3 Å². The van der Waals surface area contributed by atoms with E-state index in [0.29, 0.717) is 24.7 Å². The van der Waals surface area contributed by atoms with Gasteiger partial charge in [0.15, 0.2) is 11.5 Å². The summed E-state index contributed by atoms with van der Waals surface area (Å²) in [6, 6.07) is 19.9. The molecule has 4 atom stereocenters. The van der Waals surface area contributed by atoms with Gasteiger partial charge in [0.2, 0.25) is 0 Å². The summed E-state index contributed by atoms with van der Waals surface area (Å²) in [5.41, 5.74) is 1.82. The number of allylic oxidation sites excluding steroid dienone is 2. The van der Waals surface area contributed by atoms with Crippen LogP contribution in [0.4, 0.5) is 0 Å². The van der Waals surface area contributed by atoms with Crippen molar-refractivity contribution < 1.29 is 19.1 Å². The van der Waals surface area contributed by atoms with Crippen LogP contribution in [-0.4, -0.2) is 29.6 Å². The van der Waals surface area contributed by atoms with E-state index in [4.69, 9.17) is 9.47 Å². The van der Waals surface area contributed by atoms with Gasteiger partial charge in [-0.15, -0.1) is 0 Å². The first-order valence-corrected chi connectivity index (χ1v) is 12.1. The summed E-state index contributed by atoms with van der Waals surface area (Å²) in [7, 11) is 0. The molecule has 1 aliphatic heterocycles. The molecule has 1 saturated carbocycles. The quantitative estimate of drug-likeness (QED) is 0.280. The molecule has 4 unspecified atom stereocenters. The molecule has 2 fully saturated rings. The highest BCUT2D eigenvalue weighted by atomic mass is 16.5. The number of ether oxygens (including phenoxy) is 2. The van der Waals surface area contributed by atoms with Crippen molar-refractivity contribution >= 4 is 28.8 Å². The lowest BCUT2D eigenvalue weighted by Gasteiger charge is -2.14. The Kier molecular flexibility index (Phi) is 5.36. The number of carbonyl (C=O) groups excluding carboxylic acids is 2. The summed E-state index contributed by atoms with van der Waals surface area (Å²) < 4.78 is 12.0. The summed E-state index contributed by atoms with van der Waals surface area (Å²) in [6.07, 6.45) is 6.61. The van der Waals surface area contributed by atoms with Gasteiger partial charge in [-0.2, -0.15) is 10.1 Å². The Bertz CT molecular complexity index is 1340. The van der Waals surface area contributed by atoms with E-state index in [9.17, 15) is 9.59 Å². The van der Waals surface area contributed by atoms with Crippen LogP contribution in [0.3, 0.4) is 0 Å². The first-order chi connectivity index (χ1) is 17.1. The van der Waals surface area contributed by atoms with Crippen LogP contribution in [0.1, 0.15) is 24.5 Å². The molecule has 2 amide bonds. The summed E-state index contributed by atoms with van der Waals surface area (Å²) in [5.74, 6) is 0.685. The molecular formula is C29H26N2O4. The molecule has 3 aromatic carbocycles. The second-order valence-corrected chi connectivity index (χ2v) is 9.30. The van der Waals surface area contributed by atoms with E-state index in [1.165, 1.54) is 5.39 Å².